The Hall–Kier alpha value is -0.570. The smallest absolute Gasteiger partial charge is 0.0968 e. The van der Waals surface area contributed by atoms with Crippen molar-refractivity contribution in [1.29, 1.82) is 0 Å². The van der Waals surface area contributed by atoms with Gasteiger partial charge in [0.05, 0.1) is 5.84 Å². The molecule has 0 unspecified atom stereocenters. The number of hydrogen-bond acceptors (Lipinski definition) is 2. The second-order valence-electron chi connectivity index (χ2n) is 5.15. The molecule has 0 aromatic heterocycles. The van der Waals surface area contributed by atoms with E-state index in [1.807, 2.05) is 0 Å². The zero-order chi connectivity index (χ0) is 11.8. The lowest BCUT2D eigenvalue weighted by Crippen LogP contribution is -2.26. The van der Waals surface area contributed by atoms with Crippen LogP contribution in [-0.4, -0.2) is 37.9 Å². The van der Waals surface area contributed by atoms with Gasteiger partial charge in [0.25, 0.3) is 0 Å². The third-order valence-corrected chi connectivity index (χ3v) is 3.33. The highest BCUT2D eigenvalue weighted by Gasteiger charge is 2.16. The number of rotatable bonds is 6. The largest absolute Gasteiger partial charge is 0.387 e. The fourth-order valence-corrected chi connectivity index (χ4v) is 2.28. The van der Waals surface area contributed by atoms with Crippen molar-refractivity contribution in [2.45, 2.75) is 44.9 Å². The highest BCUT2D eigenvalue weighted by atomic mass is 15.0. The van der Waals surface area contributed by atoms with Gasteiger partial charge in [-0.05, 0) is 46.3 Å². The number of amidine groups is 1. The second kappa shape index (κ2) is 7.66. The first kappa shape index (κ1) is 13.5. The van der Waals surface area contributed by atoms with Crippen molar-refractivity contribution in [3.8, 4) is 0 Å². The summed E-state index contributed by atoms with van der Waals surface area (Å²) < 4.78 is 0. The number of unbranched alkanes of at least 4 members (excludes halogenated alkanes) is 1. The number of aliphatic imine (C=N–C) groups is 1. The van der Waals surface area contributed by atoms with E-state index in [2.05, 4.69) is 24.0 Å². The fourth-order valence-electron chi connectivity index (χ4n) is 2.28. The van der Waals surface area contributed by atoms with Crippen LogP contribution in [0.15, 0.2) is 4.99 Å². The van der Waals surface area contributed by atoms with E-state index < -0.39 is 0 Å². The summed E-state index contributed by atoms with van der Waals surface area (Å²) in [7, 11) is 4.22. The highest BCUT2D eigenvalue weighted by molar-refractivity contribution is 5.82. The van der Waals surface area contributed by atoms with Crippen LogP contribution in [-0.2, 0) is 0 Å². The van der Waals surface area contributed by atoms with Crippen molar-refractivity contribution in [1.82, 2.24) is 4.90 Å². The molecule has 1 rings (SSSR count). The summed E-state index contributed by atoms with van der Waals surface area (Å²) in [5, 5.41) is 0. The molecule has 3 nitrogen and oxygen atoms in total. The average Bonchev–Trinajstić information content (AvgIpc) is 2.29. The zero-order valence-electron chi connectivity index (χ0n) is 10.9. The van der Waals surface area contributed by atoms with Crippen LogP contribution in [0.3, 0.4) is 0 Å². The maximum atomic E-state index is 6.03. The molecular formula is C13H27N3. The van der Waals surface area contributed by atoms with Gasteiger partial charge >= 0.3 is 0 Å². The van der Waals surface area contributed by atoms with E-state index in [9.17, 15) is 0 Å². The Kier molecular flexibility index (Phi) is 6.46. The molecule has 1 aliphatic carbocycles. The average molecular weight is 225 g/mol. The molecule has 0 aromatic carbocycles. The van der Waals surface area contributed by atoms with Gasteiger partial charge < -0.3 is 10.6 Å². The van der Waals surface area contributed by atoms with E-state index in [0.717, 1.165) is 25.3 Å². The molecule has 1 fully saturated rings. The van der Waals surface area contributed by atoms with Crippen LogP contribution < -0.4 is 5.73 Å². The van der Waals surface area contributed by atoms with Gasteiger partial charge in [-0.1, -0.05) is 19.3 Å². The molecule has 0 saturated heterocycles. The Bertz CT molecular complexity index is 205. The topological polar surface area (TPSA) is 41.6 Å². The standard InChI is InChI=1S/C13H27N3/c1-16(2)11-7-6-10-15-13(14)12-8-4-3-5-9-12/h12H,3-11H2,1-2H3,(H2,14,15). The van der Waals surface area contributed by atoms with Crippen LogP contribution in [0.2, 0.25) is 0 Å². The summed E-state index contributed by atoms with van der Waals surface area (Å²) in [5.41, 5.74) is 6.03. The van der Waals surface area contributed by atoms with Crippen molar-refractivity contribution in [3.05, 3.63) is 0 Å². The van der Waals surface area contributed by atoms with E-state index in [-0.39, 0.29) is 0 Å². The molecule has 0 aromatic rings. The van der Waals surface area contributed by atoms with Gasteiger partial charge in [-0.25, -0.2) is 0 Å². The third kappa shape index (κ3) is 5.50. The molecule has 0 heterocycles. The van der Waals surface area contributed by atoms with Gasteiger partial charge in [-0.3, -0.25) is 4.99 Å². The van der Waals surface area contributed by atoms with Crippen LogP contribution in [0.4, 0.5) is 0 Å². The van der Waals surface area contributed by atoms with E-state index in [1.165, 1.54) is 38.5 Å². The van der Waals surface area contributed by atoms with Crippen molar-refractivity contribution < 1.29 is 0 Å². The van der Waals surface area contributed by atoms with E-state index in [1.54, 1.807) is 0 Å². The first-order valence-electron chi connectivity index (χ1n) is 6.64. The summed E-state index contributed by atoms with van der Waals surface area (Å²) in [6.07, 6.45) is 8.94. The van der Waals surface area contributed by atoms with Crippen LogP contribution in [0.1, 0.15) is 44.9 Å². The van der Waals surface area contributed by atoms with Gasteiger partial charge in [0.15, 0.2) is 0 Å². The summed E-state index contributed by atoms with van der Waals surface area (Å²) in [6, 6.07) is 0. The predicted molar refractivity (Wildman–Crippen MR) is 70.9 cm³/mol. The van der Waals surface area contributed by atoms with Gasteiger partial charge in [0.1, 0.15) is 0 Å². The Balaban J connectivity index is 2.12. The van der Waals surface area contributed by atoms with Crippen molar-refractivity contribution in [3.63, 3.8) is 0 Å². The van der Waals surface area contributed by atoms with Crippen molar-refractivity contribution in [2.24, 2.45) is 16.6 Å². The summed E-state index contributed by atoms with van der Waals surface area (Å²) >= 11 is 0. The number of hydrogen-bond donors (Lipinski definition) is 1. The Morgan fingerprint density at radius 2 is 1.88 bits per heavy atom. The molecule has 0 amide bonds. The quantitative estimate of drug-likeness (QED) is 0.428. The lowest BCUT2D eigenvalue weighted by Gasteiger charge is -2.20. The summed E-state index contributed by atoms with van der Waals surface area (Å²) in [4.78, 5) is 6.74. The van der Waals surface area contributed by atoms with Crippen LogP contribution >= 0.6 is 0 Å². The minimum Gasteiger partial charge on any atom is -0.387 e. The zero-order valence-corrected chi connectivity index (χ0v) is 10.9. The van der Waals surface area contributed by atoms with Crippen LogP contribution in [0.5, 0.6) is 0 Å². The SMILES string of the molecule is CN(C)CCCCN=C(N)C1CCCCC1. The molecule has 0 radical (unpaired) electrons. The number of nitrogens with two attached hydrogens (primary N) is 1. The second-order valence-corrected chi connectivity index (χ2v) is 5.15. The fraction of sp³-hybridized carbons (Fsp3) is 0.923. The molecule has 3 heteroatoms. The molecule has 0 spiro atoms. The molecule has 1 saturated carbocycles. The van der Waals surface area contributed by atoms with Gasteiger partial charge in [0, 0.05) is 12.5 Å². The molecule has 1 aliphatic rings. The first-order valence-corrected chi connectivity index (χ1v) is 6.64. The van der Waals surface area contributed by atoms with Crippen LogP contribution in [0.25, 0.3) is 0 Å². The Morgan fingerprint density at radius 3 is 2.50 bits per heavy atom. The molecule has 0 aliphatic heterocycles. The van der Waals surface area contributed by atoms with Gasteiger partial charge in [0.2, 0.25) is 0 Å². The Labute approximate surface area is 100 Å². The van der Waals surface area contributed by atoms with Crippen molar-refractivity contribution in [2.75, 3.05) is 27.2 Å². The Morgan fingerprint density at radius 1 is 1.19 bits per heavy atom. The molecular weight excluding hydrogens is 198 g/mol. The lowest BCUT2D eigenvalue weighted by atomic mass is 9.88. The maximum Gasteiger partial charge on any atom is 0.0968 e. The maximum absolute atomic E-state index is 6.03. The lowest BCUT2D eigenvalue weighted by molar-refractivity contribution is 0.395. The first-order chi connectivity index (χ1) is 7.70. The van der Waals surface area contributed by atoms with Crippen molar-refractivity contribution >= 4 is 5.84 Å². The molecule has 0 atom stereocenters. The molecule has 0 bridgehead atoms. The number of nitrogens with zero attached hydrogens (tertiary/aromatic N) is 2. The minimum absolute atomic E-state index is 0.586. The predicted octanol–water partition coefficient (Wildman–Crippen LogP) is 2.27. The highest BCUT2D eigenvalue weighted by Crippen LogP contribution is 2.23. The molecule has 94 valence electrons. The van der Waals surface area contributed by atoms with Crippen LogP contribution in [0, 0.1) is 5.92 Å². The summed E-state index contributed by atoms with van der Waals surface area (Å²) in [6.45, 7) is 2.06. The molecule has 16 heavy (non-hydrogen) atoms. The summed E-state index contributed by atoms with van der Waals surface area (Å²) in [5.74, 6) is 1.51. The van der Waals surface area contributed by atoms with E-state index >= 15 is 0 Å². The molecule has 2 N–H and O–H groups in total. The normalized spacial score (nSPS) is 19.3. The van der Waals surface area contributed by atoms with Gasteiger partial charge in [-0.15, -0.1) is 0 Å². The van der Waals surface area contributed by atoms with E-state index in [4.69, 9.17) is 5.73 Å². The monoisotopic (exact) mass is 225 g/mol. The third-order valence-electron chi connectivity index (χ3n) is 3.33. The van der Waals surface area contributed by atoms with E-state index in [0.29, 0.717) is 5.92 Å². The minimum atomic E-state index is 0.586. The van der Waals surface area contributed by atoms with Gasteiger partial charge in [-0.2, -0.15) is 0 Å².